The first kappa shape index (κ1) is 24.3. The predicted octanol–water partition coefficient (Wildman–Crippen LogP) is 2.20. The van der Waals surface area contributed by atoms with Gasteiger partial charge in [-0.3, -0.25) is 9.63 Å². The minimum atomic E-state index is -3.25. The second kappa shape index (κ2) is 9.10. The highest BCUT2D eigenvalue weighted by molar-refractivity contribution is 7.91. The Hall–Kier alpha value is -1.79. The van der Waals surface area contributed by atoms with Gasteiger partial charge in [-0.25, -0.2) is 8.42 Å². The van der Waals surface area contributed by atoms with E-state index in [1.54, 1.807) is 0 Å². The molecule has 0 radical (unpaired) electrons. The molecule has 4 rings (SSSR count). The van der Waals surface area contributed by atoms with Crippen LogP contribution in [0.3, 0.4) is 0 Å². The van der Waals surface area contributed by atoms with E-state index < -0.39 is 40.2 Å². The summed E-state index contributed by atoms with van der Waals surface area (Å²) in [4.78, 5) is 18.2. The molecule has 0 bridgehead atoms. The van der Waals surface area contributed by atoms with Crippen LogP contribution in [0.1, 0.15) is 18.4 Å². The van der Waals surface area contributed by atoms with E-state index in [0.29, 0.717) is 5.56 Å². The molecule has 13 heteroatoms. The smallest absolute Gasteiger partial charge is 0.345 e. The van der Waals surface area contributed by atoms with Gasteiger partial charge in [-0.05, 0) is 6.08 Å². The maximum Gasteiger partial charge on any atom is 0.345 e. The van der Waals surface area contributed by atoms with Gasteiger partial charge in [0, 0.05) is 29.6 Å². The first-order chi connectivity index (χ1) is 15.5. The molecule has 0 aromatic carbocycles. The monoisotopic (exact) mass is 526 g/mol. The van der Waals surface area contributed by atoms with Gasteiger partial charge in [-0.15, -0.1) is 0 Å². The van der Waals surface area contributed by atoms with Crippen LogP contribution in [0.25, 0.3) is 0 Å². The molecule has 0 N–H and O–H groups in total. The molecule has 1 aromatic rings. The molecule has 1 spiro atoms. The molecular formula is C20H20Cl2F2NO7S+. The number of carbonyl (C=O) groups is 1. The minimum absolute atomic E-state index is 0.00552. The number of pyridine rings is 1. The Balaban J connectivity index is 1.65. The Morgan fingerprint density at radius 3 is 2.48 bits per heavy atom. The van der Waals surface area contributed by atoms with Crippen molar-refractivity contribution in [1.82, 2.24) is 0 Å². The van der Waals surface area contributed by atoms with Gasteiger partial charge in [0.2, 0.25) is 18.2 Å². The van der Waals surface area contributed by atoms with Crippen molar-refractivity contribution in [3.63, 3.8) is 0 Å². The fraction of sp³-hybridized carbons (Fsp3) is 0.500. The number of allylic oxidation sites excluding steroid dienone is 2. The number of hydrogen-bond acceptors (Lipinski definition) is 7. The molecule has 2 atom stereocenters. The second-order valence-electron chi connectivity index (χ2n) is 7.78. The van der Waals surface area contributed by atoms with Crippen molar-refractivity contribution in [2.24, 2.45) is 0 Å². The molecule has 2 saturated heterocycles. The third-order valence-electron chi connectivity index (χ3n) is 5.67. The predicted molar refractivity (Wildman–Crippen MR) is 111 cm³/mol. The number of sulfone groups is 1. The van der Waals surface area contributed by atoms with Crippen LogP contribution in [-0.4, -0.2) is 57.4 Å². The number of Topliss-reactive ketones (excluding diaryl/α,β-unsaturated/α-hetero) is 1. The van der Waals surface area contributed by atoms with Crippen molar-refractivity contribution >= 4 is 38.8 Å². The fourth-order valence-corrected chi connectivity index (χ4v) is 5.99. The highest BCUT2D eigenvalue weighted by Crippen LogP contribution is 2.45. The topological polar surface area (TPSA) is 92.0 Å². The van der Waals surface area contributed by atoms with E-state index >= 15 is 0 Å². The standard InChI is InChI=1S/C20H20Cl2F2NO7S/c1-29-25-9-13(21)12(14(22)10-25)8-15(26)11-2-3-16(30-19(23)24)18-17(11)31-20(32-18)4-6-33(27,28)7-5-20/h2-3,9-10,16,18-19H,4-8H2,1H3/q+1. The molecule has 8 nitrogen and oxygen atoms in total. The van der Waals surface area contributed by atoms with Crippen LogP contribution in [-0.2, 0) is 35.3 Å². The number of carbonyl (C=O) groups excluding carboxylic acids is 1. The van der Waals surface area contributed by atoms with Gasteiger partial charge in [0.1, 0.15) is 35.1 Å². The molecule has 3 aliphatic rings. The molecule has 1 aliphatic carbocycles. The van der Waals surface area contributed by atoms with Crippen molar-refractivity contribution in [1.29, 1.82) is 0 Å². The van der Waals surface area contributed by atoms with Crippen molar-refractivity contribution in [2.75, 3.05) is 18.6 Å². The number of aromatic nitrogens is 1. The van der Waals surface area contributed by atoms with Crippen LogP contribution in [0.2, 0.25) is 10.0 Å². The molecule has 1 aromatic heterocycles. The first-order valence-electron chi connectivity index (χ1n) is 9.92. The summed E-state index contributed by atoms with van der Waals surface area (Å²) < 4.78 is 67.4. The summed E-state index contributed by atoms with van der Waals surface area (Å²) in [5.41, 5.74) is 0.438. The van der Waals surface area contributed by atoms with Gasteiger partial charge in [0.15, 0.2) is 15.6 Å². The lowest BCUT2D eigenvalue weighted by atomic mass is 9.94. The van der Waals surface area contributed by atoms with Gasteiger partial charge in [0.05, 0.1) is 17.1 Å². The first-order valence-corrected chi connectivity index (χ1v) is 12.5. The van der Waals surface area contributed by atoms with Gasteiger partial charge in [-0.1, -0.05) is 29.3 Å². The zero-order valence-electron chi connectivity index (χ0n) is 17.3. The number of fused-ring (bicyclic) bond motifs is 1. The Bertz CT molecular complexity index is 1100. The Kier molecular flexibility index (Phi) is 6.71. The van der Waals surface area contributed by atoms with E-state index in [-0.39, 0.29) is 52.1 Å². The van der Waals surface area contributed by atoms with Crippen molar-refractivity contribution in [3.05, 3.63) is 51.5 Å². The Morgan fingerprint density at radius 2 is 1.91 bits per heavy atom. The summed E-state index contributed by atoms with van der Waals surface area (Å²) in [5, 5.41) is 0.382. The molecule has 2 aliphatic heterocycles. The Labute approximate surface area is 198 Å². The molecule has 2 unspecified atom stereocenters. The third-order valence-corrected chi connectivity index (χ3v) is 7.97. The van der Waals surface area contributed by atoms with E-state index in [4.69, 9.17) is 37.5 Å². The van der Waals surface area contributed by atoms with Crippen LogP contribution in [0.4, 0.5) is 8.78 Å². The lowest BCUT2D eigenvalue weighted by molar-refractivity contribution is -0.885. The number of hydrogen-bond donors (Lipinski definition) is 0. The van der Waals surface area contributed by atoms with E-state index in [0.717, 1.165) is 0 Å². The zero-order valence-corrected chi connectivity index (χ0v) is 19.6. The normalized spacial score (nSPS) is 25.3. The highest BCUT2D eigenvalue weighted by Gasteiger charge is 2.53. The summed E-state index contributed by atoms with van der Waals surface area (Å²) in [5.74, 6) is -2.11. The largest absolute Gasteiger partial charge is 0.463 e. The van der Waals surface area contributed by atoms with Gasteiger partial charge < -0.3 is 14.2 Å². The number of halogens is 4. The average Bonchev–Trinajstić information content (AvgIpc) is 3.13. The maximum absolute atomic E-state index is 13.2. The van der Waals surface area contributed by atoms with Crippen molar-refractivity contribution in [2.45, 2.75) is 43.9 Å². The Morgan fingerprint density at radius 1 is 1.27 bits per heavy atom. The lowest BCUT2D eigenvalue weighted by Gasteiger charge is -2.31. The lowest BCUT2D eigenvalue weighted by Crippen LogP contribution is -2.42. The summed E-state index contributed by atoms with van der Waals surface area (Å²) in [6.45, 7) is -3.08. The number of nitrogens with zero attached hydrogens (tertiary/aromatic N) is 1. The second-order valence-corrected chi connectivity index (χ2v) is 10.9. The van der Waals surface area contributed by atoms with Crippen molar-refractivity contribution < 1.29 is 45.8 Å². The van der Waals surface area contributed by atoms with Gasteiger partial charge >= 0.3 is 6.61 Å². The van der Waals surface area contributed by atoms with E-state index in [9.17, 15) is 22.0 Å². The van der Waals surface area contributed by atoms with Crippen LogP contribution >= 0.6 is 23.2 Å². The fourth-order valence-electron chi connectivity index (χ4n) is 3.96. The molecular weight excluding hydrogens is 507 g/mol. The molecule has 2 fully saturated rings. The molecule has 3 heterocycles. The highest BCUT2D eigenvalue weighted by atomic mass is 35.5. The number of ether oxygens (including phenoxy) is 3. The molecule has 0 saturated carbocycles. The molecule has 0 amide bonds. The van der Waals surface area contributed by atoms with E-state index in [2.05, 4.69) is 4.74 Å². The SMILES string of the molecule is CO[n+]1cc(Cl)c(CC(=O)C2=C3OC4(CCS(=O)(=O)CC4)OC3C(OC(F)F)C=C2)c(Cl)c1. The van der Waals surface area contributed by atoms with Crippen LogP contribution in [0, 0.1) is 0 Å². The summed E-state index contributed by atoms with van der Waals surface area (Å²) in [6.07, 6.45) is 2.98. The number of rotatable bonds is 6. The summed E-state index contributed by atoms with van der Waals surface area (Å²) in [6, 6.07) is 0. The minimum Gasteiger partial charge on any atom is -0.463 e. The van der Waals surface area contributed by atoms with Crippen LogP contribution < -0.4 is 9.57 Å². The molecule has 33 heavy (non-hydrogen) atoms. The number of alkyl halides is 2. The van der Waals surface area contributed by atoms with Crippen LogP contribution in [0.15, 0.2) is 35.9 Å². The number of ketones is 1. The van der Waals surface area contributed by atoms with E-state index in [1.165, 1.54) is 36.4 Å². The maximum atomic E-state index is 13.2. The van der Waals surface area contributed by atoms with Gasteiger partial charge in [-0.2, -0.15) is 8.78 Å². The summed E-state index contributed by atoms with van der Waals surface area (Å²) >= 11 is 12.5. The average molecular weight is 527 g/mol. The zero-order chi connectivity index (χ0) is 24.0. The third kappa shape index (κ3) is 5.02. The molecule has 180 valence electrons. The summed E-state index contributed by atoms with van der Waals surface area (Å²) in [7, 11) is -1.83. The van der Waals surface area contributed by atoms with E-state index in [1.807, 2.05) is 0 Å². The van der Waals surface area contributed by atoms with Gasteiger partial charge in [0.25, 0.3) is 0 Å². The van der Waals surface area contributed by atoms with Crippen molar-refractivity contribution in [3.8, 4) is 0 Å². The van der Waals surface area contributed by atoms with Crippen LogP contribution in [0.5, 0.6) is 0 Å². The quantitative estimate of drug-likeness (QED) is 0.524.